The number of nitrogens with zero attached hydrogens (tertiary/aromatic N) is 3. The first-order valence-corrected chi connectivity index (χ1v) is 15.1. The maximum absolute atomic E-state index is 13.5. The van der Waals surface area contributed by atoms with E-state index in [0.29, 0.717) is 41.3 Å². The Labute approximate surface area is 269 Å². The lowest BCUT2D eigenvalue weighted by Crippen LogP contribution is -2.25. The molecule has 4 aromatic rings. The van der Waals surface area contributed by atoms with E-state index in [-0.39, 0.29) is 30.9 Å². The summed E-state index contributed by atoms with van der Waals surface area (Å²) in [6.45, 7) is 3.29. The van der Waals surface area contributed by atoms with Crippen LogP contribution < -0.4 is 19.5 Å². The third kappa shape index (κ3) is 9.32. The van der Waals surface area contributed by atoms with Crippen LogP contribution in [0.25, 0.3) is 10.9 Å². The number of hydrogen-bond donors (Lipinski definition) is 1. The number of nitrogens with one attached hydrogen (secondary N) is 1. The van der Waals surface area contributed by atoms with Crippen LogP contribution in [0.3, 0.4) is 0 Å². The molecular weight excluding hydrogens is 606 g/mol. The molecule has 5 rings (SSSR count). The lowest BCUT2D eigenvalue weighted by molar-refractivity contribution is 0.157. The van der Waals surface area contributed by atoms with Gasteiger partial charge in [0.15, 0.2) is 0 Å². The molecule has 1 heterocycles. The number of fused-ring (bicyclic) bond motifs is 1. The van der Waals surface area contributed by atoms with Crippen molar-refractivity contribution in [2.45, 2.75) is 44.8 Å². The molecule has 44 heavy (non-hydrogen) atoms. The van der Waals surface area contributed by atoms with Gasteiger partial charge in [-0.2, -0.15) is 0 Å². The van der Waals surface area contributed by atoms with Gasteiger partial charge in [0.25, 0.3) is 0 Å². The normalized spacial score (nSPS) is 13.2. The van der Waals surface area contributed by atoms with Gasteiger partial charge in [-0.05, 0) is 75.0 Å². The fraction of sp³-hybridized carbons (Fsp3) is 0.394. The zero-order valence-corrected chi connectivity index (χ0v) is 26.6. The Morgan fingerprint density at radius 2 is 1.82 bits per heavy atom. The molecule has 0 atom stereocenters. The van der Waals surface area contributed by atoms with Gasteiger partial charge in [0.2, 0.25) is 0 Å². The molecule has 1 aliphatic rings. The number of halogens is 3. The molecule has 0 unspecified atom stereocenters. The standard InChI is InChI=1S/C33H38ClFN4O4.ClH/c1-39(14-16-40-2)13-6-15-41-27-19-29-32(31(20-27)43-26-9-3-4-10-26)33(37-22-36-29)38-25-11-12-30(28(34)18-25)42-21-23-7-5-8-24(35)17-23;/h5,7-8,11-12,17-20,22,26H,3-4,6,9-10,13-16,21H2,1-2H3,(H,36,37,38);1H. The zero-order chi connectivity index (χ0) is 30.0. The first kappa shape index (κ1) is 33.5. The van der Waals surface area contributed by atoms with E-state index in [9.17, 15) is 4.39 Å². The van der Waals surface area contributed by atoms with Crippen LogP contribution in [0.15, 0.2) is 60.9 Å². The summed E-state index contributed by atoms with van der Waals surface area (Å²) in [7, 11) is 3.79. The van der Waals surface area contributed by atoms with Crippen LogP contribution in [0.5, 0.6) is 17.2 Å². The van der Waals surface area contributed by atoms with Crippen molar-refractivity contribution in [2.75, 3.05) is 45.8 Å². The summed E-state index contributed by atoms with van der Waals surface area (Å²) < 4.78 is 37.2. The summed E-state index contributed by atoms with van der Waals surface area (Å²) in [5, 5.41) is 4.59. The summed E-state index contributed by atoms with van der Waals surface area (Å²) >= 11 is 6.56. The van der Waals surface area contributed by atoms with E-state index < -0.39 is 0 Å². The van der Waals surface area contributed by atoms with Crippen LogP contribution in [0.4, 0.5) is 15.9 Å². The van der Waals surface area contributed by atoms with Crippen molar-refractivity contribution in [3.63, 3.8) is 0 Å². The van der Waals surface area contributed by atoms with Gasteiger partial charge in [-0.1, -0.05) is 23.7 Å². The highest BCUT2D eigenvalue weighted by atomic mass is 35.5. The maximum atomic E-state index is 13.5. The van der Waals surface area contributed by atoms with E-state index in [2.05, 4.69) is 27.2 Å². The van der Waals surface area contributed by atoms with E-state index in [1.54, 1.807) is 31.4 Å². The van der Waals surface area contributed by atoms with E-state index >= 15 is 0 Å². The Morgan fingerprint density at radius 3 is 2.59 bits per heavy atom. The third-order valence-electron chi connectivity index (χ3n) is 7.38. The van der Waals surface area contributed by atoms with Crippen LogP contribution >= 0.6 is 24.0 Å². The molecule has 236 valence electrons. The fourth-order valence-electron chi connectivity index (χ4n) is 5.09. The second-order valence-electron chi connectivity index (χ2n) is 10.7. The van der Waals surface area contributed by atoms with Crippen molar-refractivity contribution in [1.29, 1.82) is 0 Å². The number of ether oxygens (including phenoxy) is 4. The Balaban J connectivity index is 0.00000442. The monoisotopic (exact) mass is 644 g/mol. The number of hydrogen-bond acceptors (Lipinski definition) is 8. The van der Waals surface area contributed by atoms with Gasteiger partial charge in [-0.25, -0.2) is 14.4 Å². The molecule has 0 aliphatic heterocycles. The topological polar surface area (TPSA) is 78.0 Å². The highest BCUT2D eigenvalue weighted by Crippen LogP contribution is 2.38. The quantitative estimate of drug-likeness (QED) is 0.131. The molecule has 0 bridgehead atoms. The molecule has 0 saturated heterocycles. The van der Waals surface area contributed by atoms with Crippen molar-refractivity contribution < 1.29 is 23.3 Å². The third-order valence-corrected chi connectivity index (χ3v) is 7.67. The number of anilines is 2. The molecule has 0 amide bonds. The number of methoxy groups -OCH3 is 1. The lowest BCUT2D eigenvalue weighted by atomic mass is 10.1. The zero-order valence-electron chi connectivity index (χ0n) is 25.1. The molecule has 8 nitrogen and oxygen atoms in total. The Morgan fingerprint density at radius 1 is 0.977 bits per heavy atom. The SMILES string of the molecule is COCCN(C)CCCOc1cc(OC2CCCC2)c2c(Nc3ccc(OCc4cccc(F)c4)c(Cl)c3)ncnc2c1.Cl. The van der Waals surface area contributed by atoms with Crippen molar-refractivity contribution in [1.82, 2.24) is 14.9 Å². The van der Waals surface area contributed by atoms with Crippen molar-refractivity contribution >= 4 is 46.4 Å². The average molecular weight is 646 g/mol. The van der Waals surface area contributed by atoms with Crippen LogP contribution in [-0.4, -0.2) is 61.4 Å². The van der Waals surface area contributed by atoms with Gasteiger partial charge < -0.3 is 29.2 Å². The van der Waals surface area contributed by atoms with E-state index in [0.717, 1.165) is 67.3 Å². The van der Waals surface area contributed by atoms with Gasteiger partial charge in [0, 0.05) is 38.0 Å². The molecule has 1 N–H and O–H groups in total. The van der Waals surface area contributed by atoms with Crippen molar-refractivity contribution in [3.8, 4) is 17.2 Å². The van der Waals surface area contributed by atoms with E-state index in [1.165, 1.54) is 18.5 Å². The summed E-state index contributed by atoms with van der Waals surface area (Å²) in [5.41, 5.74) is 2.17. The Bertz CT molecular complexity index is 1510. The van der Waals surface area contributed by atoms with Crippen LogP contribution in [0.1, 0.15) is 37.7 Å². The summed E-state index contributed by atoms with van der Waals surface area (Å²) in [4.78, 5) is 11.3. The van der Waals surface area contributed by atoms with Gasteiger partial charge in [-0.15, -0.1) is 12.4 Å². The maximum Gasteiger partial charge on any atom is 0.145 e. The molecule has 1 fully saturated rings. The van der Waals surface area contributed by atoms with Crippen molar-refractivity contribution in [3.05, 3.63) is 77.3 Å². The molecule has 1 aromatic heterocycles. The Kier molecular flexibility index (Phi) is 12.7. The van der Waals surface area contributed by atoms with Gasteiger partial charge in [0.1, 0.15) is 41.8 Å². The molecular formula is C33H39Cl2FN4O4. The summed E-state index contributed by atoms with van der Waals surface area (Å²) in [5.74, 6) is 2.21. The highest BCUT2D eigenvalue weighted by molar-refractivity contribution is 6.32. The first-order chi connectivity index (χ1) is 21.0. The first-order valence-electron chi connectivity index (χ1n) is 14.7. The van der Waals surface area contributed by atoms with Gasteiger partial charge >= 0.3 is 0 Å². The van der Waals surface area contributed by atoms with E-state index in [4.69, 9.17) is 30.5 Å². The number of aromatic nitrogens is 2. The minimum absolute atomic E-state index is 0. The minimum atomic E-state index is -0.305. The fourth-order valence-corrected chi connectivity index (χ4v) is 5.32. The Hall–Kier alpha value is -3.37. The second-order valence-corrected chi connectivity index (χ2v) is 11.2. The highest BCUT2D eigenvalue weighted by Gasteiger charge is 2.21. The average Bonchev–Trinajstić information content (AvgIpc) is 3.51. The van der Waals surface area contributed by atoms with Crippen LogP contribution in [0, 0.1) is 5.82 Å². The molecule has 0 radical (unpaired) electrons. The van der Waals surface area contributed by atoms with Gasteiger partial charge in [-0.3, -0.25) is 0 Å². The molecule has 1 saturated carbocycles. The summed E-state index contributed by atoms with van der Waals surface area (Å²) in [6.07, 6.45) is 6.90. The largest absolute Gasteiger partial charge is 0.493 e. The number of likely N-dealkylation sites (N-methyl/N-ethyl adjacent to an activating group) is 1. The number of benzene rings is 3. The molecule has 1 aliphatic carbocycles. The van der Waals surface area contributed by atoms with Gasteiger partial charge in [0.05, 0.1) is 35.2 Å². The predicted octanol–water partition coefficient (Wildman–Crippen LogP) is 7.84. The smallest absolute Gasteiger partial charge is 0.145 e. The van der Waals surface area contributed by atoms with Crippen LogP contribution in [-0.2, 0) is 11.3 Å². The lowest BCUT2D eigenvalue weighted by Gasteiger charge is -2.19. The predicted molar refractivity (Wildman–Crippen MR) is 175 cm³/mol. The number of rotatable bonds is 15. The van der Waals surface area contributed by atoms with E-state index in [1.807, 2.05) is 18.2 Å². The second kappa shape index (κ2) is 16.6. The molecule has 0 spiro atoms. The van der Waals surface area contributed by atoms with Crippen LogP contribution in [0.2, 0.25) is 5.02 Å². The minimum Gasteiger partial charge on any atom is -0.493 e. The molecule has 3 aromatic carbocycles. The van der Waals surface area contributed by atoms with Crippen molar-refractivity contribution in [2.24, 2.45) is 0 Å². The molecule has 11 heteroatoms. The summed E-state index contributed by atoms with van der Waals surface area (Å²) in [6, 6.07) is 15.6.